The van der Waals surface area contributed by atoms with Gasteiger partial charge < -0.3 is 4.74 Å². The van der Waals surface area contributed by atoms with Gasteiger partial charge in [-0.25, -0.2) is 0 Å². The topological polar surface area (TPSA) is 9.23 Å². The molecule has 1 heterocycles. The van der Waals surface area contributed by atoms with E-state index in [4.69, 9.17) is 16.3 Å². The van der Waals surface area contributed by atoms with Crippen molar-refractivity contribution in [2.24, 2.45) is 0 Å². The lowest BCUT2D eigenvalue weighted by Crippen LogP contribution is -1.87. The zero-order valence-corrected chi connectivity index (χ0v) is 8.65. The van der Waals surface area contributed by atoms with Crippen molar-refractivity contribution in [2.45, 2.75) is 6.42 Å². The van der Waals surface area contributed by atoms with Crippen LogP contribution in [0, 0.1) is 3.57 Å². The molecule has 0 bridgehead atoms. The summed E-state index contributed by atoms with van der Waals surface area (Å²) in [5, 5.41) is 0.804. The van der Waals surface area contributed by atoms with E-state index in [1.807, 2.05) is 12.1 Å². The van der Waals surface area contributed by atoms with Crippen molar-refractivity contribution < 1.29 is 4.74 Å². The van der Waals surface area contributed by atoms with Crippen LogP contribution in [0.2, 0.25) is 5.02 Å². The second-order valence-electron chi connectivity index (χ2n) is 2.47. The van der Waals surface area contributed by atoms with Crippen LogP contribution in [-0.2, 0) is 6.42 Å². The predicted molar refractivity (Wildman–Crippen MR) is 53.4 cm³/mol. The molecule has 58 valence electrons. The molecule has 1 aliphatic heterocycles. The lowest BCUT2D eigenvalue weighted by Gasteiger charge is -2.01. The summed E-state index contributed by atoms with van der Waals surface area (Å²) in [6.07, 6.45) is 0.992. The van der Waals surface area contributed by atoms with Gasteiger partial charge in [0.1, 0.15) is 5.75 Å². The van der Waals surface area contributed by atoms with Crippen molar-refractivity contribution in [3.8, 4) is 5.75 Å². The van der Waals surface area contributed by atoms with E-state index in [0.717, 1.165) is 27.4 Å². The maximum absolute atomic E-state index is 5.87. The lowest BCUT2D eigenvalue weighted by molar-refractivity contribution is 0.354. The number of fused-ring (bicyclic) bond motifs is 1. The smallest absolute Gasteiger partial charge is 0.136 e. The number of halogens is 2. The van der Waals surface area contributed by atoms with Crippen LogP contribution in [0.3, 0.4) is 0 Å². The molecule has 3 heteroatoms. The van der Waals surface area contributed by atoms with Crippen LogP contribution in [0.1, 0.15) is 5.56 Å². The first-order valence-electron chi connectivity index (χ1n) is 3.38. The van der Waals surface area contributed by atoms with Gasteiger partial charge in [-0.3, -0.25) is 0 Å². The third kappa shape index (κ3) is 1.34. The minimum absolute atomic E-state index is 0.797. The normalized spacial score (nSPS) is 14.4. The minimum Gasteiger partial charge on any atom is -0.492 e. The summed E-state index contributed by atoms with van der Waals surface area (Å²) in [4.78, 5) is 0. The zero-order valence-electron chi connectivity index (χ0n) is 5.73. The Kier molecular flexibility index (Phi) is 1.97. The molecule has 0 amide bonds. The van der Waals surface area contributed by atoms with E-state index in [-0.39, 0.29) is 0 Å². The number of rotatable bonds is 0. The van der Waals surface area contributed by atoms with Gasteiger partial charge in [0.05, 0.1) is 10.2 Å². The second-order valence-corrected chi connectivity index (χ2v) is 4.07. The largest absolute Gasteiger partial charge is 0.492 e. The summed E-state index contributed by atoms with van der Waals surface area (Å²) in [5.41, 5.74) is 1.24. The molecular formula is C8H6ClIO. The Morgan fingerprint density at radius 2 is 2.27 bits per heavy atom. The first kappa shape index (κ1) is 7.68. The highest BCUT2D eigenvalue weighted by atomic mass is 127. The maximum atomic E-state index is 5.87. The van der Waals surface area contributed by atoms with Crippen molar-refractivity contribution in [2.75, 3.05) is 6.61 Å². The van der Waals surface area contributed by atoms with Crippen LogP contribution in [0.4, 0.5) is 0 Å². The van der Waals surface area contributed by atoms with Crippen molar-refractivity contribution in [3.05, 3.63) is 26.3 Å². The number of benzene rings is 1. The highest BCUT2D eigenvalue weighted by Crippen LogP contribution is 2.33. The van der Waals surface area contributed by atoms with Crippen LogP contribution in [0.5, 0.6) is 5.75 Å². The van der Waals surface area contributed by atoms with Crippen LogP contribution in [0.15, 0.2) is 12.1 Å². The van der Waals surface area contributed by atoms with E-state index < -0.39 is 0 Å². The van der Waals surface area contributed by atoms with Crippen LogP contribution >= 0.6 is 34.2 Å². The number of hydrogen-bond acceptors (Lipinski definition) is 1. The van der Waals surface area contributed by atoms with Crippen molar-refractivity contribution >= 4 is 34.2 Å². The minimum atomic E-state index is 0.797. The van der Waals surface area contributed by atoms with Crippen molar-refractivity contribution in [1.82, 2.24) is 0 Å². The van der Waals surface area contributed by atoms with Gasteiger partial charge in [-0.2, -0.15) is 0 Å². The summed E-state index contributed by atoms with van der Waals surface area (Å²) in [6, 6.07) is 3.90. The van der Waals surface area contributed by atoms with E-state index in [1.165, 1.54) is 5.56 Å². The molecular weight excluding hydrogens is 274 g/mol. The summed E-state index contributed by atoms with van der Waals surface area (Å²) >= 11 is 8.11. The fourth-order valence-corrected chi connectivity index (χ4v) is 2.49. The van der Waals surface area contributed by atoms with Gasteiger partial charge in [0.2, 0.25) is 0 Å². The molecule has 0 fully saturated rings. The Morgan fingerprint density at radius 1 is 1.45 bits per heavy atom. The fourth-order valence-electron chi connectivity index (χ4n) is 1.22. The SMILES string of the molecule is Clc1cc(I)c2c(c1)CCO2. The monoisotopic (exact) mass is 280 g/mol. The van der Waals surface area contributed by atoms with E-state index in [0.29, 0.717) is 0 Å². The van der Waals surface area contributed by atoms with E-state index in [1.54, 1.807) is 0 Å². The molecule has 0 spiro atoms. The Bertz CT molecular complexity index is 298. The Balaban J connectivity index is 2.60. The third-order valence-corrected chi connectivity index (χ3v) is 2.72. The molecule has 1 aromatic carbocycles. The summed E-state index contributed by atoms with van der Waals surface area (Å²) < 4.78 is 6.53. The molecule has 0 saturated carbocycles. The average Bonchev–Trinajstić information content (AvgIpc) is 2.34. The molecule has 0 aromatic heterocycles. The Hall–Kier alpha value is 0.0400. The predicted octanol–water partition coefficient (Wildman–Crippen LogP) is 2.88. The molecule has 1 nitrogen and oxygen atoms in total. The standard InChI is InChI=1S/C8H6ClIO/c9-6-3-5-1-2-11-8(5)7(10)4-6/h3-4H,1-2H2. The molecule has 0 unspecified atom stereocenters. The first-order chi connectivity index (χ1) is 5.27. The van der Waals surface area contributed by atoms with Gasteiger partial charge in [-0.05, 0) is 34.7 Å². The molecule has 0 N–H and O–H groups in total. The molecule has 11 heavy (non-hydrogen) atoms. The van der Waals surface area contributed by atoms with Crippen molar-refractivity contribution in [1.29, 1.82) is 0 Å². The molecule has 0 radical (unpaired) electrons. The van der Waals surface area contributed by atoms with Crippen LogP contribution in [0.25, 0.3) is 0 Å². The summed E-state index contributed by atoms with van der Waals surface area (Å²) in [5.74, 6) is 1.02. The number of ether oxygens (including phenoxy) is 1. The molecule has 1 aromatic rings. The fraction of sp³-hybridized carbons (Fsp3) is 0.250. The quantitative estimate of drug-likeness (QED) is 0.664. The van der Waals surface area contributed by atoms with E-state index in [9.17, 15) is 0 Å². The van der Waals surface area contributed by atoms with Gasteiger partial charge in [0, 0.05) is 17.0 Å². The van der Waals surface area contributed by atoms with Gasteiger partial charge in [-0.15, -0.1) is 0 Å². The molecule has 2 rings (SSSR count). The lowest BCUT2D eigenvalue weighted by atomic mass is 10.2. The van der Waals surface area contributed by atoms with Gasteiger partial charge >= 0.3 is 0 Å². The van der Waals surface area contributed by atoms with Gasteiger partial charge in [0.25, 0.3) is 0 Å². The Labute approximate surface area is 83.8 Å². The maximum Gasteiger partial charge on any atom is 0.136 e. The second kappa shape index (κ2) is 2.83. The number of hydrogen-bond donors (Lipinski definition) is 0. The van der Waals surface area contributed by atoms with Crippen LogP contribution < -0.4 is 4.74 Å². The molecule has 0 saturated heterocycles. The van der Waals surface area contributed by atoms with Gasteiger partial charge in [0.15, 0.2) is 0 Å². The first-order valence-corrected chi connectivity index (χ1v) is 4.84. The van der Waals surface area contributed by atoms with E-state index in [2.05, 4.69) is 22.6 Å². The third-order valence-electron chi connectivity index (χ3n) is 1.70. The zero-order chi connectivity index (χ0) is 7.84. The molecule has 0 atom stereocenters. The molecule has 1 aliphatic rings. The molecule has 0 aliphatic carbocycles. The Morgan fingerprint density at radius 3 is 3.09 bits per heavy atom. The van der Waals surface area contributed by atoms with Crippen molar-refractivity contribution in [3.63, 3.8) is 0 Å². The highest BCUT2D eigenvalue weighted by molar-refractivity contribution is 14.1. The van der Waals surface area contributed by atoms with Crippen LogP contribution in [-0.4, -0.2) is 6.61 Å². The van der Waals surface area contributed by atoms with Gasteiger partial charge in [-0.1, -0.05) is 11.6 Å². The highest BCUT2D eigenvalue weighted by Gasteiger charge is 2.15. The van der Waals surface area contributed by atoms with E-state index >= 15 is 0 Å². The summed E-state index contributed by atoms with van der Waals surface area (Å²) in [7, 11) is 0. The average molecular weight is 280 g/mol. The summed E-state index contributed by atoms with van der Waals surface area (Å²) in [6.45, 7) is 0.797.